The number of ether oxygens (including phenoxy) is 1. The Labute approximate surface area is 86.8 Å². The van der Waals surface area contributed by atoms with Crippen molar-refractivity contribution in [1.82, 2.24) is 10.2 Å². The van der Waals surface area contributed by atoms with Crippen molar-refractivity contribution in [1.29, 1.82) is 0 Å². The molecule has 3 nitrogen and oxygen atoms in total. The molecular weight excluding hydrogens is 176 g/mol. The topological polar surface area (TPSA) is 24.5 Å². The van der Waals surface area contributed by atoms with Gasteiger partial charge in [0.15, 0.2) is 0 Å². The third-order valence-corrected chi connectivity index (χ3v) is 3.51. The first-order chi connectivity index (χ1) is 6.90. The molecule has 14 heavy (non-hydrogen) atoms. The molecule has 2 atom stereocenters. The smallest absolute Gasteiger partial charge is 0.0623 e. The Hall–Kier alpha value is -0.120. The van der Waals surface area contributed by atoms with Gasteiger partial charge >= 0.3 is 0 Å². The number of nitrogens with zero attached hydrogens (tertiary/aromatic N) is 1. The van der Waals surface area contributed by atoms with E-state index in [1.165, 1.54) is 38.9 Å². The van der Waals surface area contributed by atoms with E-state index in [4.69, 9.17) is 4.74 Å². The predicted octanol–water partition coefficient (Wildman–Crippen LogP) is 0.707. The molecule has 0 amide bonds. The molecule has 3 heteroatoms. The maximum absolute atomic E-state index is 5.51. The summed E-state index contributed by atoms with van der Waals surface area (Å²) in [6.07, 6.45) is 4.20. The zero-order chi connectivity index (χ0) is 9.80. The van der Waals surface area contributed by atoms with Crippen LogP contribution in [-0.4, -0.2) is 50.8 Å². The van der Waals surface area contributed by atoms with Gasteiger partial charge in [0.05, 0.1) is 13.2 Å². The molecule has 82 valence electrons. The molecule has 2 aliphatic heterocycles. The highest BCUT2D eigenvalue weighted by atomic mass is 16.5. The van der Waals surface area contributed by atoms with Gasteiger partial charge in [0.25, 0.3) is 0 Å². The van der Waals surface area contributed by atoms with E-state index in [0.717, 1.165) is 13.2 Å². The molecule has 0 bridgehead atoms. The van der Waals surface area contributed by atoms with E-state index >= 15 is 0 Å². The molecule has 2 heterocycles. The van der Waals surface area contributed by atoms with Crippen LogP contribution in [0.5, 0.6) is 0 Å². The van der Waals surface area contributed by atoms with Crippen molar-refractivity contribution in [3.8, 4) is 0 Å². The average molecular weight is 198 g/mol. The summed E-state index contributed by atoms with van der Waals surface area (Å²) < 4.78 is 5.51. The minimum atomic E-state index is 0.580. The van der Waals surface area contributed by atoms with Crippen molar-refractivity contribution >= 4 is 0 Å². The van der Waals surface area contributed by atoms with Crippen molar-refractivity contribution in [2.45, 2.75) is 25.3 Å². The van der Waals surface area contributed by atoms with E-state index in [1.807, 2.05) is 7.05 Å². The monoisotopic (exact) mass is 198 g/mol. The van der Waals surface area contributed by atoms with Gasteiger partial charge in [0.2, 0.25) is 0 Å². The van der Waals surface area contributed by atoms with Crippen molar-refractivity contribution in [2.75, 3.05) is 39.9 Å². The number of likely N-dealkylation sites (tertiary alicyclic amines) is 1. The number of likely N-dealkylation sites (N-methyl/N-ethyl adjacent to an activating group) is 1. The van der Waals surface area contributed by atoms with Crippen LogP contribution < -0.4 is 5.32 Å². The molecule has 2 unspecified atom stereocenters. The van der Waals surface area contributed by atoms with Crippen LogP contribution >= 0.6 is 0 Å². The zero-order valence-corrected chi connectivity index (χ0v) is 9.17. The number of hydrogen-bond donors (Lipinski definition) is 1. The molecule has 2 saturated heterocycles. The molecule has 0 aromatic carbocycles. The van der Waals surface area contributed by atoms with Gasteiger partial charge < -0.3 is 15.0 Å². The fourth-order valence-electron chi connectivity index (χ4n) is 2.57. The molecule has 1 N–H and O–H groups in total. The summed E-state index contributed by atoms with van der Waals surface area (Å²) in [6, 6.07) is 0.580. The molecule has 0 spiro atoms. The lowest BCUT2D eigenvalue weighted by molar-refractivity contribution is 0.157. The highest BCUT2D eigenvalue weighted by molar-refractivity contribution is 4.83. The average Bonchev–Trinajstić information content (AvgIpc) is 2.67. The maximum Gasteiger partial charge on any atom is 0.0623 e. The largest absolute Gasteiger partial charge is 0.379 e. The third kappa shape index (κ3) is 2.47. The number of piperidine rings is 1. The van der Waals surface area contributed by atoms with Crippen LogP contribution in [0.15, 0.2) is 0 Å². The van der Waals surface area contributed by atoms with E-state index in [0.29, 0.717) is 12.0 Å². The van der Waals surface area contributed by atoms with Gasteiger partial charge in [0, 0.05) is 18.5 Å². The van der Waals surface area contributed by atoms with Gasteiger partial charge in [-0.15, -0.1) is 0 Å². The Morgan fingerprint density at radius 1 is 1.21 bits per heavy atom. The van der Waals surface area contributed by atoms with E-state index < -0.39 is 0 Å². The second-order valence-corrected chi connectivity index (χ2v) is 4.55. The Morgan fingerprint density at radius 3 is 2.71 bits per heavy atom. The molecule has 0 saturated carbocycles. The van der Waals surface area contributed by atoms with Gasteiger partial charge in [-0.25, -0.2) is 0 Å². The standard InChI is InChI=1S/C11H22N2O/c1-12-11-9-14-8-10(11)7-13-5-3-2-4-6-13/h10-12H,2-9H2,1H3. The Kier molecular flexibility index (Phi) is 3.79. The van der Waals surface area contributed by atoms with Crippen LogP contribution in [-0.2, 0) is 4.74 Å². The quantitative estimate of drug-likeness (QED) is 0.723. The normalized spacial score (nSPS) is 34.9. The third-order valence-electron chi connectivity index (χ3n) is 3.51. The van der Waals surface area contributed by atoms with Gasteiger partial charge in [-0.3, -0.25) is 0 Å². The number of hydrogen-bond acceptors (Lipinski definition) is 3. The summed E-state index contributed by atoms with van der Waals surface area (Å²) in [5.41, 5.74) is 0. The van der Waals surface area contributed by atoms with E-state index in [1.54, 1.807) is 0 Å². The predicted molar refractivity (Wildman–Crippen MR) is 57.4 cm³/mol. The molecular formula is C11H22N2O. The van der Waals surface area contributed by atoms with Crippen LogP contribution in [0.1, 0.15) is 19.3 Å². The fraction of sp³-hybridized carbons (Fsp3) is 1.00. The Morgan fingerprint density at radius 2 is 2.00 bits per heavy atom. The summed E-state index contributed by atoms with van der Waals surface area (Å²) in [4.78, 5) is 2.60. The summed E-state index contributed by atoms with van der Waals surface area (Å²) in [7, 11) is 2.04. The molecule has 2 rings (SSSR count). The first-order valence-electron chi connectivity index (χ1n) is 5.87. The first kappa shape index (κ1) is 10.4. The summed E-state index contributed by atoms with van der Waals surface area (Å²) in [5, 5.41) is 3.35. The lowest BCUT2D eigenvalue weighted by atomic mass is 10.0. The summed E-state index contributed by atoms with van der Waals surface area (Å²) >= 11 is 0. The van der Waals surface area contributed by atoms with Crippen LogP contribution in [0, 0.1) is 5.92 Å². The minimum absolute atomic E-state index is 0.580. The maximum atomic E-state index is 5.51. The van der Waals surface area contributed by atoms with Crippen molar-refractivity contribution in [2.24, 2.45) is 5.92 Å². The molecule has 0 aromatic rings. The Balaban J connectivity index is 1.77. The molecule has 2 aliphatic rings. The van der Waals surface area contributed by atoms with Crippen LogP contribution in [0.2, 0.25) is 0 Å². The molecule has 0 radical (unpaired) electrons. The highest BCUT2D eigenvalue weighted by Crippen LogP contribution is 2.17. The first-order valence-corrected chi connectivity index (χ1v) is 5.87. The van der Waals surface area contributed by atoms with E-state index in [-0.39, 0.29) is 0 Å². The van der Waals surface area contributed by atoms with E-state index in [2.05, 4.69) is 10.2 Å². The molecule has 2 fully saturated rings. The van der Waals surface area contributed by atoms with Crippen LogP contribution in [0.4, 0.5) is 0 Å². The molecule has 0 aliphatic carbocycles. The second kappa shape index (κ2) is 5.10. The number of rotatable bonds is 3. The van der Waals surface area contributed by atoms with Gasteiger partial charge in [-0.05, 0) is 33.0 Å². The van der Waals surface area contributed by atoms with Gasteiger partial charge in [-0.1, -0.05) is 6.42 Å². The van der Waals surface area contributed by atoms with Crippen molar-refractivity contribution in [3.63, 3.8) is 0 Å². The van der Waals surface area contributed by atoms with Crippen LogP contribution in [0.3, 0.4) is 0 Å². The second-order valence-electron chi connectivity index (χ2n) is 4.55. The summed E-state index contributed by atoms with van der Waals surface area (Å²) in [5.74, 6) is 0.707. The van der Waals surface area contributed by atoms with E-state index in [9.17, 15) is 0 Å². The van der Waals surface area contributed by atoms with Crippen LogP contribution in [0.25, 0.3) is 0 Å². The molecule has 0 aromatic heterocycles. The lowest BCUT2D eigenvalue weighted by Crippen LogP contribution is -2.41. The fourth-order valence-corrected chi connectivity index (χ4v) is 2.57. The summed E-state index contributed by atoms with van der Waals surface area (Å²) in [6.45, 7) is 5.67. The lowest BCUT2D eigenvalue weighted by Gasteiger charge is -2.30. The SMILES string of the molecule is CNC1COCC1CN1CCCCC1. The highest BCUT2D eigenvalue weighted by Gasteiger charge is 2.28. The van der Waals surface area contributed by atoms with Crippen molar-refractivity contribution in [3.05, 3.63) is 0 Å². The van der Waals surface area contributed by atoms with Gasteiger partial charge in [-0.2, -0.15) is 0 Å². The van der Waals surface area contributed by atoms with Crippen molar-refractivity contribution < 1.29 is 4.74 Å². The number of nitrogens with one attached hydrogen (secondary N) is 1. The zero-order valence-electron chi connectivity index (χ0n) is 9.17. The minimum Gasteiger partial charge on any atom is -0.379 e. The Bertz CT molecular complexity index is 169. The van der Waals surface area contributed by atoms with Gasteiger partial charge in [0.1, 0.15) is 0 Å².